The summed E-state index contributed by atoms with van der Waals surface area (Å²) in [6.07, 6.45) is 0. The summed E-state index contributed by atoms with van der Waals surface area (Å²) in [7, 11) is 0. The lowest BCUT2D eigenvalue weighted by molar-refractivity contribution is 0.654. The van der Waals surface area contributed by atoms with Gasteiger partial charge >= 0.3 is 0 Å². The first-order valence-electron chi connectivity index (χ1n) is 15.4. The van der Waals surface area contributed by atoms with Crippen LogP contribution in [-0.2, 0) is 0 Å². The number of hydrogen-bond acceptors (Lipinski definition) is 6. The smallest absolute Gasteiger partial charge is 0.228 e. The fraction of sp³-hybridized carbons (Fsp3) is 0. The number of benzene rings is 5. The summed E-state index contributed by atoms with van der Waals surface area (Å²) in [6.45, 7) is 0. The summed E-state index contributed by atoms with van der Waals surface area (Å²) >= 11 is 0. The number of hydrogen-bond donors (Lipinski definition) is 0. The van der Waals surface area contributed by atoms with E-state index >= 15 is 0 Å². The average molecular weight is 604 g/mol. The van der Waals surface area contributed by atoms with Crippen LogP contribution in [0.2, 0.25) is 0 Å². The van der Waals surface area contributed by atoms with E-state index in [0.717, 1.165) is 66.5 Å². The van der Waals surface area contributed by atoms with E-state index in [9.17, 15) is 0 Å². The van der Waals surface area contributed by atoms with Crippen molar-refractivity contribution in [3.05, 3.63) is 152 Å². The van der Waals surface area contributed by atoms with Crippen LogP contribution in [0.5, 0.6) is 0 Å². The Balaban J connectivity index is 1.25. The molecule has 0 fully saturated rings. The predicted octanol–water partition coefficient (Wildman–Crippen LogP) is 10.0. The number of furan rings is 1. The van der Waals surface area contributed by atoms with Crippen molar-refractivity contribution in [3.8, 4) is 56.7 Å². The van der Waals surface area contributed by atoms with Crippen molar-refractivity contribution in [1.29, 1.82) is 0 Å². The topological polar surface area (TPSA) is 77.6 Å². The van der Waals surface area contributed by atoms with Gasteiger partial charge in [-0.25, -0.2) is 24.9 Å². The minimum Gasteiger partial charge on any atom is -0.438 e. The van der Waals surface area contributed by atoms with Crippen LogP contribution in [0.15, 0.2) is 156 Å². The molecule has 0 aliphatic rings. The lowest BCUT2D eigenvalue weighted by Gasteiger charge is -2.11. The van der Waals surface area contributed by atoms with Gasteiger partial charge in [0.1, 0.15) is 5.58 Å². The minimum absolute atomic E-state index is 0.567. The Morgan fingerprint density at radius 3 is 1.79 bits per heavy atom. The quantitative estimate of drug-likeness (QED) is 0.195. The van der Waals surface area contributed by atoms with E-state index in [1.165, 1.54) is 0 Å². The highest BCUT2D eigenvalue weighted by atomic mass is 16.3. The number of fused-ring (bicyclic) bond motifs is 4. The molecule has 0 aliphatic carbocycles. The van der Waals surface area contributed by atoms with E-state index in [4.69, 9.17) is 29.3 Å². The molecule has 47 heavy (non-hydrogen) atoms. The highest BCUT2D eigenvalue weighted by molar-refractivity contribution is 6.12. The van der Waals surface area contributed by atoms with Gasteiger partial charge in [-0.05, 0) is 41.5 Å². The largest absolute Gasteiger partial charge is 0.438 e. The van der Waals surface area contributed by atoms with E-state index in [2.05, 4.69) is 36.4 Å². The zero-order chi connectivity index (χ0) is 31.2. The van der Waals surface area contributed by atoms with Crippen LogP contribution in [0.25, 0.3) is 89.7 Å². The first-order valence-corrected chi connectivity index (χ1v) is 15.4. The van der Waals surface area contributed by atoms with Gasteiger partial charge in [0.15, 0.2) is 17.5 Å². The highest BCUT2D eigenvalue weighted by Crippen LogP contribution is 2.39. The lowest BCUT2D eigenvalue weighted by atomic mass is 9.97. The molecule has 9 rings (SSSR count). The Morgan fingerprint density at radius 1 is 0.404 bits per heavy atom. The monoisotopic (exact) mass is 603 g/mol. The summed E-state index contributed by atoms with van der Waals surface area (Å²) in [5.41, 5.74) is 8.50. The van der Waals surface area contributed by atoms with Crippen LogP contribution >= 0.6 is 0 Å². The molecule has 0 N–H and O–H groups in total. The van der Waals surface area contributed by atoms with Crippen LogP contribution in [0.4, 0.5) is 0 Å². The molecule has 0 spiro atoms. The molecule has 0 bridgehead atoms. The van der Waals surface area contributed by atoms with Gasteiger partial charge in [0.25, 0.3) is 0 Å². The molecule has 0 unspecified atom stereocenters. The molecule has 0 saturated heterocycles. The molecule has 0 aliphatic heterocycles. The zero-order valence-corrected chi connectivity index (χ0v) is 25.1. The molecule has 6 nitrogen and oxygen atoms in total. The number of para-hydroxylation sites is 2. The van der Waals surface area contributed by atoms with Crippen LogP contribution < -0.4 is 0 Å². The Bertz CT molecular complexity index is 2520. The molecule has 0 saturated carbocycles. The Hall–Kier alpha value is -6.53. The third-order valence-electron chi connectivity index (χ3n) is 8.34. The van der Waals surface area contributed by atoms with E-state index < -0.39 is 0 Å². The molecule has 0 radical (unpaired) electrons. The predicted molar refractivity (Wildman–Crippen MR) is 187 cm³/mol. The van der Waals surface area contributed by atoms with Gasteiger partial charge in [0, 0.05) is 27.5 Å². The summed E-state index contributed by atoms with van der Waals surface area (Å²) in [6, 6.07) is 50.7. The molecule has 5 aromatic carbocycles. The van der Waals surface area contributed by atoms with Crippen molar-refractivity contribution < 1.29 is 4.42 Å². The van der Waals surface area contributed by atoms with Crippen LogP contribution in [0.3, 0.4) is 0 Å². The van der Waals surface area contributed by atoms with Crippen molar-refractivity contribution >= 4 is 33.0 Å². The van der Waals surface area contributed by atoms with Crippen LogP contribution in [0, 0.1) is 0 Å². The molecule has 4 heterocycles. The maximum Gasteiger partial charge on any atom is 0.228 e. The van der Waals surface area contributed by atoms with Crippen molar-refractivity contribution in [3.63, 3.8) is 0 Å². The van der Waals surface area contributed by atoms with Gasteiger partial charge in [-0.1, -0.05) is 121 Å². The van der Waals surface area contributed by atoms with E-state index in [-0.39, 0.29) is 0 Å². The van der Waals surface area contributed by atoms with E-state index in [1.54, 1.807) is 0 Å². The second kappa shape index (κ2) is 11.1. The Morgan fingerprint density at radius 2 is 1.02 bits per heavy atom. The Kier molecular flexibility index (Phi) is 6.35. The van der Waals surface area contributed by atoms with Gasteiger partial charge in [0.05, 0.1) is 22.3 Å². The Labute approximate surface area is 270 Å². The van der Waals surface area contributed by atoms with E-state index in [0.29, 0.717) is 23.2 Å². The van der Waals surface area contributed by atoms with E-state index in [1.807, 2.05) is 115 Å². The fourth-order valence-electron chi connectivity index (χ4n) is 6.05. The van der Waals surface area contributed by atoms with Gasteiger partial charge in [-0.3, -0.25) is 0 Å². The van der Waals surface area contributed by atoms with Crippen LogP contribution in [0.1, 0.15) is 0 Å². The summed E-state index contributed by atoms with van der Waals surface area (Å²) in [4.78, 5) is 24.7. The number of aromatic nitrogens is 5. The molecule has 0 amide bonds. The fourth-order valence-corrected chi connectivity index (χ4v) is 6.05. The minimum atomic E-state index is 0.567. The van der Waals surface area contributed by atoms with Crippen molar-refractivity contribution in [1.82, 2.24) is 24.9 Å². The van der Waals surface area contributed by atoms with Crippen molar-refractivity contribution in [2.24, 2.45) is 0 Å². The van der Waals surface area contributed by atoms with Gasteiger partial charge in [0.2, 0.25) is 5.71 Å². The number of nitrogens with zero attached hydrogens (tertiary/aromatic N) is 5. The first-order chi connectivity index (χ1) is 23.3. The van der Waals surface area contributed by atoms with Gasteiger partial charge in [-0.15, -0.1) is 0 Å². The number of pyridine rings is 2. The lowest BCUT2D eigenvalue weighted by Crippen LogP contribution is -2.00. The summed E-state index contributed by atoms with van der Waals surface area (Å²) in [5.74, 6) is 1.84. The molecule has 0 atom stereocenters. The first kappa shape index (κ1) is 26.8. The van der Waals surface area contributed by atoms with Gasteiger partial charge < -0.3 is 4.42 Å². The molecule has 220 valence electrons. The normalized spacial score (nSPS) is 11.4. The van der Waals surface area contributed by atoms with Crippen LogP contribution in [-0.4, -0.2) is 24.9 Å². The average Bonchev–Trinajstić information content (AvgIpc) is 3.53. The SMILES string of the molecule is c1ccc(-c2nc(-c3ccccc3)nc(-c3cccc(-c4cc(-c5ccc6ccccc6n5)nc5oc6ccccc6c45)c3)n2)cc1. The second-order valence-corrected chi connectivity index (χ2v) is 11.3. The third kappa shape index (κ3) is 4.89. The van der Waals surface area contributed by atoms with Gasteiger partial charge in [-0.2, -0.15) is 0 Å². The van der Waals surface area contributed by atoms with Crippen molar-refractivity contribution in [2.45, 2.75) is 0 Å². The number of rotatable bonds is 5. The molecular formula is C41H25N5O. The summed E-state index contributed by atoms with van der Waals surface area (Å²) < 4.78 is 6.34. The zero-order valence-electron chi connectivity index (χ0n) is 25.1. The third-order valence-corrected chi connectivity index (χ3v) is 8.34. The maximum absolute atomic E-state index is 6.34. The molecule has 6 heteroatoms. The molecule has 9 aromatic rings. The molecule has 4 aromatic heterocycles. The second-order valence-electron chi connectivity index (χ2n) is 11.3. The molecular weight excluding hydrogens is 578 g/mol. The maximum atomic E-state index is 6.34. The standard InChI is InChI=1S/C41H25N5O/c1-3-13-27(14-4-1)38-44-39(28-15-5-2-6-16-28)46-40(45-38)30-18-11-17-29(24-30)32-25-35(34-23-22-26-12-7-9-20-33(26)42-34)43-41-37(32)31-19-8-10-21-36(31)47-41/h1-25H. The van der Waals surface area contributed by atoms with Crippen molar-refractivity contribution in [2.75, 3.05) is 0 Å². The summed E-state index contributed by atoms with van der Waals surface area (Å²) in [5, 5.41) is 3.04. The highest BCUT2D eigenvalue weighted by Gasteiger charge is 2.19.